The number of anilines is 1. The van der Waals surface area contributed by atoms with Crippen molar-refractivity contribution < 1.29 is 10.0 Å². The quantitative estimate of drug-likeness (QED) is 0.335. The molecule has 5 nitrogen and oxygen atoms in total. The van der Waals surface area contributed by atoms with Gasteiger partial charge in [0.25, 0.3) is 5.91 Å². The van der Waals surface area contributed by atoms with E-state index in [1.165, 1.54) is 0 Å². The summed E-state index contributed by atoms with van der Waals surface area (Å²) in [6.45, 7) is 0. The van der Waals surface area contributed by atoms with E-state index < -0.39 is 0 Å². The van der Waals surface area contributed by atoms with Crippen molar-refractivity contribution in [1.29, 1.82) is 0 Å². The highest BCUT2D eigenvalue weighted by atomic mass is 79.9. The Morgan fingerprint density at radius 1 is 1.29 bits per heavy atom. The Labute approximate surface area is 134 Å². The molecule has 2 rings (SSSR count). The van der Waals surface area contributed by atoms with Crippen LogP contribution in [0, 0.1) is 0 Å². The molecule has 4 N–H and O–H groups in total. The number of nitrogens with two attached hydrogens (primary N) is 1. The highest BCUT2D eigenvalue weighted by Gasteiger charge is 2.12. The first-order valence-corrected chi connectivity index (χ1v) is 7.02. The summed E-state index contributed by atoms with van der Waals surface area (Å²) in [6.07, 6.45) is 0. The van der Waals surface area contributed by atoms with Crippen molar-refractivity contribution in [2.75, 3.05) is 5.32 Å². The fourth-order valence-corrected chi connectivity index (χ4v) is 2.27. The lowest BCUT2D eigenvalue weighted by molar-refractivity contribution is 0.102. The normalized spacial score (nSPS) is 11.2. The summed E-state index contributed by atoms with van der Waals surface area (Å²) in [6, 6.07) is 11.6. The maximum Gasteiger partial charge on any atom is 0.255 e. The minimum absolute atomic E-state index is 0.0994. The summed E-state index contributed by atoms with van der Waals surface area (Å²) in [7, 11) is 0. The first kappa shape index (κ1) is 15.3. The van der Waals surface area contributed by atoms with Gasteiger partial charge in [0.1, 0.15) is 0 Å². The number of amides is 1. The Morgan fingerprint density at radius 3 is 2.71 bits per heavy atom. The molecule has 2 aromatic carbocycles. The van der Waals surface area contributed by atoms with Gasteiger partial charge in [0.15, 0.2) is 5.84 Å². The van der Waals surface area contributed by atoms with E-state index in [0.717, 1.165) is 4.47 Å². The number of amidine groups is 1. The van der Waals surface area contributed by atoms with Crippen LogP contribution in [0.25, 0.3) is 0 Å². The molecule has 0 saturated heterocycles. The van der Waals surface area contributed by atoms with Crippen LogP contribution >= 0.6 is 27.5 Å². The number of nitrogens with one attached hydrogen (secondary N) is 1. The first-order chi connectivity index (χ1) is 10.0. The number of oxime groups is 1. The van der Waals surface area contributed by atoms with Gasteiger partial charge in [-0.3, -0.25) is 4.79 Å². The molecule has 0 aromatic heterocycles. The molecule has 0 aliphatic heterocycles. The Balaban J connectivity index is 2.33. The van der Waals surface area contributed by atoms with E-state index in [9.17, 15) is 4.79 Å². The van der Waals surface area contributed by atoms with Gasteiger partial charge in [0.05, 0.1) is 5.69 Å². The SMILES string of the molecule is N/C(=N/O)c1cc(Br)ccc1NC(=O)c1cccc(Cl)c1. The largest absolute Gasteiger partial charge is 0.409 e. The van der Waals surface area contributed by atoms with E-state index >= 15 is 0 Å². The van der Waals surface area contributed by atoms with Crippen molar-refractivity contribution in [2.24, 2.45) is 10.9 Å². The van der Waals surface area contributed by atoms with Crippen molar-refractivity contribution in [3.05, 3.63) is 63.1 Å². The Kier molecular flexibility index (Phi) is 4.82. The average Bonchev–Trinajstić information content (AvgIpc) is 2.48. The molecule has 0 aliphatic rings. The zero-order valence-electron chi connectivity index (χ0n) is 10.7. The van der Waals surface area contributed by atoms with E-state index in [1.54, 1.807) is 42.5 Å². The summed E-state index contributed by atoms with van der Waals surface area (Å²) in [5.74, 6) is -0.440. The van der Waals surface area contributed by atoms with Gasteiger partial charge in [0, 0.05) is 20.6 Å². The van der Waals surface area contributed by atoms with Crippen molar-refractivity contribution in [2.45, 2.75) is 0 Å². The number of hydrogen-bond acceptors (Lipinski definition) is 3. The van der Waals surface area contributed by atoms with Gasteiger partial charge in [-0.15, -0.1) is 0 Å². The zero-order valence-corrected chi connectivity index (χ0v) is 13.0. The monoisotopic (exact) mass is 367 g/mol. The van der Waals surface area contributed by atoms with Crippen molar-refractivity contribution in [1.82, 2.24) is 0 Å². The van der Waals surface area contributed by atoms with E-state index in [4.69, 9.17) is 22.5 Å². The Morgan fingerprint density at radius 2 is 2.05 bits per heavy atom. The maximum atomic E-state index is 12.2. The summed E-state index contributed by atoms with van der Waals surface area (Å²) in [5, 5.41) is 14.9. The highest BCUT2D eigenvalue weighted by molar-refractivity contribution is 9.10. The molecule has 0 bridgehead atoms. The smallest absolute Gasteiger partial charge is 0.255 e. The minimum Gasteiger partial charge on any atom is -0.409 e. The van der Waals surface area contributed by atoms with Crippen LogP contribution in [-0.4, -0.2) is 17.0 Å². The van der Waals surface area contributed by atoms with Gasteiger partial charge in [-0.1, -0.05) is 38.8 Å². The summed E-state index contributed by atoms with van der Waals surface area (Å²) in [5.41, 5.74) is 6.86. The van der Waals surface area contributed by atoms with Gasteiger partial charge in [-0.25, -0.2) is 0 Å². The second-order valence-corrected chi connectivity index (χ2v) is 5.49. The van der Waals surface area contributed by atoms with Crippen LogP contribution in [0.15, 0.2) is 52.1 Å². The fourth-order valence-electron chi connectivity index (χ4n) is 1.72. The van der Waals surface area contributed by atoms with Gasteiger partial charge in [-0.05, 0) is 36.4 Å². The lowest BCUT2D eigenvalue weighted by atomic mass is 10.1. The average molecular weight is 369 g/mol. The van der Waals surface area contributed by atoms with Crippen LogP contribution in [0.1, 0.15) is 15.9 Å². The number of carbonyl (C=O) groups is 1. The van der Waals surface area contributed by atoms with Gasteiger partial charge >= 0.3 is 0 Å². The van der Waals surface area contributed by atoms with Gasteiger partial charge < -0.3 is 16.3 Å². The summed E-state index contributed by atoms with van der Waals surface area (Å²) in [4.78, 5) is 12.2. The number of benzene rings is 2. The minimum atomic E-state index is -0.341. The topological polar surface area (TPSA) is 87.7 Å². The lowest BCUT2D eigenvalue weighted by Gasteiger charge is -2.11. The predicted molar refractivity (Wildman–Crippen MR) is 86.1 cm³/mol. The fraction of sp³-hybridized carbons (Fsp3) is 0. The van der Waals surface area contributed by atoms with Crippen LogP contribution in [-0.2, 0) is 0 Å². The molecule has 7 heteroatoms. The molecule has 0 radical (unpaired) electrons. The van der Waals surface area contributed by atoms with Crippen LogP contribution < -0.4 is 11.1 Å². The number of carbonyl (C=O) groups excluding carboxylic acids is 1. The molecular weight excluding hydrogens is 358 g/mol. The number of nitrogens with zero attached hydrogens (tertiary/aromatic N) is 1. The molecule has 0 fully saturated rings. The summed E-state index contributed by atoms with van der Waals surface area (Å²) >= 11 is 9.15. The van der Waals surface area contributed by atoms with Gasteiger partial charge in [-0.2, -0.15) is 0 Å². The third kappa shape index (κ3) is 3.74. The van der Waals surface area contributed by atoms with E-state index in [-0.39, 0.29) is 11.7 Å². The van der Waals surface area contributed by atoms with Crippen molar-refractivity contribution in [3.63, 3.8) is 0 Å². The van der Waals surface area contributed by atoms with Crippen molar-refractivity contribution in [3.8, 4) is 0 Å². The number of hydrogen-bond donors (Lipinski definition) is 3. The Hall–Kier alpha value is -2.05. The first-order valence-electron chi connectivity index (χ1n) is 5.85. The standard InChI is InChI=1S/C14H11BrClN3O2/c15-9-4-5-12(11(7-9)13(17)19-21)18-14(20)8-2-1-3-10(16)6-8/h1-7,21H,(H2,17,19)(H,18,20). The lowest BCUT2D eigenvalue weighted by Crippen LogP contribution is -2.19. The second-order valence-electron chi connectivity index (χ2n) is 4.14. The van der Waals surface area contributed by atoms with Crippen LogP contribution in [0.2, 0.25) is 5.02 Å². The molecule has 0 aliphatic carbocycles. The second kappa shape index (κ2) is 6.60. The van der Waals surface area contributed by atoms with Crippen LogP contribution in [0.3, 0.4) is 0 Å². The molecular formula is C14H11BrClN3O2. The number of rotatable bonds is 3. The van der Waals surface area contributed by atoms with Crippen molar-refractivity contribution >= 4 is 45.0 Å². The van der Waals surface area contributed by atoms with Gasteiger partial charge in [0.2, 0.25) is 0 Å². The molecule has 108 valence electrons. The van der Waals surface area contributed by atoms with Crippen LogP contribution in [0.4, 0.5) is 5.69 Å². The molecule has 2 aromatic rings. The molecule has 0 saturated carbocycles. The third-order valence-electron chi connectivity index (χ3n) is 2.70. The molecule has 0 atom stereocenters. The third-order valence-corrected chi connectivity index (χ3v) is 3.43. The van der Waals surface area contributed by atoms with E-state index in [1.807, 2.05) is 0 Å². The molecule has 21 heavy (non-hydrogen) atoms. The Bertz CT molecular complexity index is 719. The molecule has 0 heterocycles. The van der Waals surface area contributed by atoms with E-state index in [0.29, 0.717) is 21.8 Å². The molecule has 1 amide bonds. The molecule has 0 unspecified atom stereocenters. The molecule has 0 spiro atoms. The highest BCUT2D eigenvalue weighted by Crippen LogP contribution is 2.22. The summed E-state index contributed by atoms with van der Waals surface area (Å²) < 4.78 is 0.741. The van der Waals surface area contributed by atoms with E-state index in [2.05, 4.69) is 26.4 Å². The number of halogens is 2. The maximum absolute atomic E-state index is 12.2. The van der Waals surface area contributed by atoms with Crippen LogP contribution in [0.5, 0.6) is 0 Å². The zero-order chi connectivity index (χ0) is 15.4. The predicted octanol–water partition coefficient (Wildman–Crippen LogP) is 3.45.